The zero-order valence-corrected chi connectivity index (χ0v) is 17.3. The van der Waals surface area contributed by atoms with Gasteiger partial charge >= 0.3 is 0 Å². The molecule has 0 aliphatic carbocycles. The standard InChI is InChI=1S/C16H30N2O3SSi/c1-16(2,3)23(7,8)17-22(19,20)15-10-9-13(12-18(4)5)11-14(15)21-6/h9-11,17H,12H2,1-8H3. The average molecular weight is 359 g/mol. The fourth-order valence-electron chi connectivity index (χ4n) is 1.94. The van der Waals surface area contributed by atoms with Crippen LogP contribution in [0.3, 0.4) is 0 Å². The quantitative estimate of drug-likeness (QED) is 0.794. The first-order valence-electron chi connectivity index (χ1n) is 7.66. The second kappa shape index (κ2) is 6.92. The summed E-state index contributed by atoms with van der Waals surface area (Å²) < 4.78 is 34.0. The topological polar surface area (TPSA) is 58.6 Å². The van der Waals surface area contributed by atoms with Gasteiger partial charge in [0, 0.05) is 6.54 Å². The molecule has 0 aliphatic rings. The SMILES string of the molecule is COc1cc(CN(C)C)ccc1S(=O)(=O)N[Si](C)(C)C(C)(C)C. The molecule has 0 radical (unpaired) electrons. The van der Waals surface area contributed by atoms with Crippen molar-refractivity contribution in [3.05, 3.63) is 23.8 Å². The number of hydrogen-bond donors (Lipinski definition) is 1. The van der Waals surface area contributed by atoms with Gasteiger partial charge in [0.2, 0.25) is 10.0 Å². The Kier molecular flexibility index (Phi) is 6.07. The Morgan fingerprint density at radius 1 is 1.22 bits per heavy atom. The lowest BCUT2D eigenvalue weighted by Crippen LogP contribution is -2.54. The molecule has 0 heterocycles. The van der Waals surface area contributed by atoms with E-state index in [4.69, 9.17) is 4.74 Å². The number of nitrogens with zero attached hydrogens (tertiary/aromatic N) is 1. The molecule has 0 spiro atoms. The van der Waals surface area contributed by atoms with Gasteiger partial charge in [-0.3, -0.25) is 0 Å². The third kappa shape index (κ3) is 5.04. The van der Waals surface area contributed by atoms with E-state index >= 15 is 0 Å². The van der Waals surface area contributed by atoms with Gasteiger partial charge in [-0.1, -0.05) is 39.9 Å². The minimum absolute atomic E-state index is 0.0852. The van der Waals surface area contributed by atoms with Crippen molar-refractivity contribution in [1.29, 1.82) is 0 Å². The molecule has 0 aromatic heterocycles. The highest BCUT2D eigenvalue weighted by molar-refractivity contribution is 7.91. The summed E-state index contributed by atoms with van der Waals surface area (Å²) in [7, 11) is -0.379. The molecular weight excluding hydrogens is 328 g/mol. The van der Waals surface area contributed by atoms with Crippen LogP contribution >= 0.6 is 0 Å². The van der Waals surface area contributed by atoms with E-state index in [1.807, 2.05) is 38.2 Å². The lowest BCUT2D eigenvalue weighted by molar-refractivity contribution is 0.390. The molecule has 1 N–H and O–H groups in total. The molecular formula is C16H30N2O3SSi. The number of ether oxygens (including phenoxy) is 1. The minimum Gasteiger partial charge on any atom is -0.495 e. The fraction of sp³-hybridized carbons (Fsp3) is 0.625. The summed E-state index contributed by atoms with van der Waals surface area (Å²) in [6.07, 6.45) is 0. The first-order valence-corrected chi connectivity index (χ1v) is 12.1. The Bertz CT molecular complexity index is 650. The number of nitrogens with one attached hydrogen (secondary N) is 1. The molecule has 1 rings (SSSR count). The second-order valence-corrected chi connectivity index (χ2v) is 14.7. The van der Waals surface area contributed by atoms with Crippen LogP contribution < -0.4 is 9.12 Å². The van der Waals surface area contributed by atoms with Crippen LogP contribution in [0.4, 0.5) is 0 Å². The van der Waals surface area contributed by atoms with Gasteiger partial charge in [0.1, 0.15) is 18.9 Å². The molecule has 23 heavy (non-hydrogen) atoms. The summed E-state index contributed by atoms with van der Waals surface area (Å²) in [5.74, 6) is 0.385. The molecule has 0 bridgehead atoms. The van der Waals surface area contributed by atoms with E-state index in [-0.39, 0.29) is 9.93 Å². The predicted octanol–water partition coefficient (Wildman–Crippen LogP) is 3.04. The first kappa shape index (κ1) is 20.2. The minimum atomic E-state index is -3.62. The van der Waals surface area contributed by atoms with Gasteiger partial charge in [0.15, 0.2) is 0 Å². The monoisotopic (exact) mass is 358 g/mol. The van der Waals surface area contributed by atoms with Crippen molar-refractivity contribution < 1.29 is 13.2 Å². The summed E-state index contributed by atoms with van der Waals surface area (Å²) in [4.78, 5) is 2.23. The molecule has 0 saturated carbocycles. The molecule has 0 amide bonds. The molecule has 1 aromatic rings. The maximum Gasteiger partial charge on any atom is 0.238 e. The van der Waals surface area contributed by atoms with Gasteiger partial charge in [-0.25, -0.2) is 12.8 Å². The first-order chi connectivity index (χ1) is 10.3. The van der Waals surface area contributed by atoms with Crippen LogP contribution in [0, 0.1) is 0 Å². The van der Waals surface area contributed by atoms with Crippen LogP contribution in [0.5, 0.6) is 5.75 Å². The van der Waals surface area contributed by atoms with E-state index in [0.717, 1.165) is 12.1 Å². The van der Waals surface area contributed by atoms with Crippen molar-refractivity contribution in [3.8, 4) is 5.75 Å². The maximum atomic E-state index is 12.8. The Hall–Kier alpha value is -0.893. The second-order valence-electron chi connectivity index (χ2n) is 7.70. The van der Waals surface area contributed by atoms with E-state index < -0.39 is 18.3 Å². The van der Waals surface area contributed by atoms with E-state index in [0.29, 0.717) is 5.75 Å². The van der Waals surface area contributed by atoms with Crippen LogP contribution in [0.1, 0.15) is 26.3 Å². The highest BCUT2D eigenvalue weighted by Crippen LogP contribution is 2.36. The van der Waals surface area contributed by atoms with Crippen molar-refractivity contribution in [2.24, 2.45) is 0 Å². The summed E-state index contributed by atoms with van der Waals surface area (Å²) in [6, 6.07) is 5.26. The summed E-state index contributed by atoms with van der Waals surface area (Å²) >= 11 is 0. The number of rotatable bonds is 6. The fourth-order valence-corrected chi connectivity index (χ4v) is 6.95. The lowest BCUT2D eigenvalue weighted by Gasteiger charge is -2.36. The molecule has 0 aliphatic heterocycles. The van der Waals surface area contributed by atoms with Crippen LogP contribution in [-0.2, 0) is 16.6 Å². The van der Waals surface area contributed by atoms with Crippen LogP contribution in [-0.4, -0.2) is 42.8 Å². The number of methoxy groups -OCH3 is 1. The number of sulfonamides is 1. The van der Waals surface area contributed by atoms with Crippen LogP contribution in [0.25, 0.3) is 0 Å². The van der Waals surface area contributed by atoms with Gasteiger partial charge < -0.3 is 9.64 Å². The van der Waals surface area contributed by atoms with Crippen LogP contribution in [0.15, 0.2) is 23.1 Å². The van der Waals surface area contributed by atoms with Crippen molar-refractivity contribution in [3.63, 3.8) is 0 Å². The molecule has 0 atom stereocenters. The third-order valence-corrected chi connectivity index (χ3v) is 12.1. The molecule has 5 nitrogen and oxygen atoms in total. The van der Waals surface area contributed by atoms with E-state index in [2.05, 4.69) is 25.2 Å². The molecule has 132 valence electrons. The lowest BCUT2D eigenvalue weighted by atomic mass is 10.2. The Labute approximate surface area is 142 Å². The smallest absolute Gasteiger partial charge is 0.238 e. The van der Waals surface area contributed by atoms with Gasteiger partial charge in [-0.2, -0.15) is 0 Å². The highest BCUT2D eigenvalue weighted by Gasteiger charge is 2.40. The summed E-state index contributed by atoms with van der Waals surface area (Å²) in [5, 5.41) is -0.0852. The Balaban J connectivity index is 3.23. The van der Waals surface area contributed by atoms with Gasteiger partial charge in [-0.05, 0) is 36.8 Å². The average Bonchev–Trinajstić information content (AvgIpc) is 2.34. The van der Waals surface area contributed by atoms with E-state index in [9.17, 15) is 8.42 Å². The predicted molar refractivity (Wildman–Crippen MR) is 97.9 cm³/mol. The number of hydrogen-bond acceptors (Lipinski definition) is 4. The van der Waals surface area contributed by atoms with Crippen molar-refractivity contribution >= 4 is 18.3 Å². The van der Waals surface area contributed by atoms with E-state index in [1.165, 1.54) is 7.11 Å². The van der Waals surface area contributed by atoms with Gasteiger partial charge in [0.25, 0.3) is 0 Å². The Morgan fingerprint density at radius 3 is 2.22 bits per heavy atom. The number of benzene rings is 1. The zero-order valence-electron chi connectivity index (χ0n) is 15.5. The van der Waals surface area contributed by atoms with Crippen LogP contribution in [0.2, 0.25) is 18.1 Å². The van der Waals surface area contributed by atoms with Crippen molar-refractivity contribution in [2.45, 2.75) is 50.3 Å². The summed E-state index contributed by atoms with van der Waals surface area (Å²) in [5.41, 5.74) is 1.01. The van der Waals surface area contributed by atoms with Gasteiger partial charge in [-0.15, -0.1) is 0 Å². The largest absolute Gasteiger partial charge is 0.495 e. The third-order valence-electron chi connectivity index (χ3n) is 4.28. The Morgan fingerprint density at radius 2 is 1.78 bits per heavy atom. The molecule has 0 saturated heterocycles. The highest BCUT2D eigenvalue weighted by atomic mass is 32.2. The molecule has 1 aromatic carbocycles. The molecule has 0 unspecified atom stereocenters. The zero-order chi connectivity index (χ0) is 18.1. The molecule has 0 fully saturated rings. The normalized spacial score (nSPS) is 13.4. The van der Waals surface area contributed by atoms with Crippen molar-refractivity contribution in [2.75, 3.05) is 21.2 Å². The van der Waals surface area contributed by atoms with E-state index in [1.54, 1.807) is 12.1 Å². The van der Waals surface area contributed by atoms with Crippen molar-refractivity contribution in [1.82, 2.24) is 9.29 Å². The molecule has 7 heteroatoms. The van der Waals surface area contributed by atoms with Gasteiger partial charge in [0.05, 0.1) is 7.11 Å². The summed E-state index contributed by atoms with van der Waals surface area (Å²) in [6.45, 7) is 11.0. The maximum absolute atomic E-state index is 12.8.